The monoisotopic (exact) mass is 418 g/mol. The molecule has 6 heteroatoms. The third-order valence-corrected chi connectivity index (χ3v) is 5.55. The Bertz CT molecular complexity index is 1050. The normalized spacial score (nSPS) is 13.1. The Hall–Kier alpha value is -3.15. The van der Waals surface area contributed by atoms with Crippen molar-refractivity contribution < 1.29 is 9.53 Å². The molecule has 0 fully saturated rings. The summed E-state index contributed by atoms with van der Waals surface area (Å²) in [5.41, 5.74) is 3.15. The molecule has 6 nitrogen and oxygen atoms in total. The topological polar surface area (TPSA) is 69.0 Å². The minimum Gasteiger partial charge on any atom is -0.494 e. The number of aryl methyl sites for hydroxylation is 1. The zero-order valence-electron chi connectivity index (χ0n) is 18.5. The molecule has 0 atom stereocenters. The first-order valence-corrected chi connectivity index (χ1v) is 11.0. The van der Waals surface area contributed by atoms with Gasteiger partial charge in [0.25, 0.3) is 0 Å². The lowest BCUT2D eigenvalue weighted by Crippen LogP contribution is -2.13. The maximum absolute atomic E-state index is 12.4. The second-order valence-corrected chi connectivity index (χ2v) is 9.05. The van der Waals surface area contributed by atoms with Gasteiger partial charge in [0, 0.05) is 30.6 Å². The van der Waals surface area contributed by atoms with Gasteiger partial charge in [-0.25, -0.2) is 0 Å². The van der Waals surface area contributed by atoms with E-state index in [2.05, 4.69) is 53.0 Å². The van der Waals surface area contributed by atoms with Crippen molar-refractivity contribution in [2.45, 2.75) is 58.4 Å². The van der Waals surface area contributed by atoms with Crippen molar-refractivity contribution in [3.8, 4) is 17.1 Å². The van der Waals surface area contributed by atoms with E-state index >= 15 is 0 Å². The Morgan fingerprint density at radius 1 is 1.13 bits per heavy atom. The molecule has 31 heavy (non-hydrogen) atoms. The second-order valence-electron chi connectivity index (χ2n) is 9.05. The zero-order chi connectivity index (χ0) is 21.8. The number of rotatable bonds is 7. The molecule has 1 amide bonds. The molecule has 0 saturated carbocycles. The number of nitrogens with zero attached hydrogens (tertiary/aromatic N) is 3. The number of fused-ring (bicyclic) bond motifs is 1. The van der Waals surface area contributed by atoms with Crippen molar-refractivity contribution in [1.82, 2.24) is 14.8 Å². The number of aromatic nitrogens is 3. The van der Waals surface area contributed by atoms with Crippen molar-refractivity contribution in [3.05, 3.63) is 59.9 Å². The summed E-state index contributed by atoms with van der Waals surface area (Å²) in [5.74, 6) is 2.73. The predicted molar refractivity (Wildman–Crippen MR) is 122 cm³/mol. The molecule has 0 bridgehead atoms. The van der Waals surface area contributed by atoms with Crippen LogP contribution in [0.1, 0.15) is 51.4 Å². The lowest BCUT2D eigenvalue weighted by Gasteiger charge is -2.19. The van der Waals surface area contributed by atoms with Crippen molar-refractivity contribution >= 4 is 11.6 Å². The highest BCUT2D eigenvalue weighted by molar-refractivity contribution is 5.91. The maximum atomic E-state index is 12.4. The third kappa shape index (κ3) is 5.13. The van der Waals surface area contributed by atoms with Crippen LogP contribution < -0.4 is 10.1 Å². The molecule has 1 aliphatic rings. The van der Waals surface area contributed by atoms with E-state index in [1.54, 1.807) is 0 Å². The van der Waals surface area contributed by atoms with Gasteiger partial charge in [0.15, 0.2) is 5.82 Å². The Morgan fingerprint density at radius 3 is 2.71 bits per heavy atom. The Kier molecular flexibility index (Phi) is 6.07. The summed E-state index contributed by atoms with van der Waals surface area (Å²) >= 11 is 0. The van der Waals surface area contributed by atoms with E-state index in [4.69, 9.17) is 4.74 Å². The summed E-state index contributed by atoms with van der Waals surface area (Å²) in [4.78, 5) is 12.4. The van der Waals surface area contributed by atoms with Crippen LogP contribution in [0.15, 0.2) is 48.5 Å². The molecular weight excluding hydrogens is 388 g/mol. The number of ether oxygens (including phenoxy) is 1. The van der Waals surface area contributed by atoms with Crippen molar-refractivity contribution in [3.63, 3.8) is 0 Å². The van der Waals surface area contributed by atoms with Crippen molar-refractivity contribution in [1.29, 1.82) is 0 Å². The summed E-state index contributed by atoms with van der Waals surface area (Å²) in [6, 6.07) is 16.0. The molecule has 1 aromatic heterocycles. The first-order valence-electron chi connectivity index (χ1n) is 11.0. The molecule has 1 aliphatic heterocycles. The lowest BCUT2D eigenvalue weighted by atomic mass is 9.87. The average molecular weight is 419 g/mol. The first kappa shape index (κ1) is 21.1. The molecule has 0 spiro atoms. The number of benzene rings is 2. The predicted octanol–water partition coefficient (Wildman–Crippen LogP) is 4.99. The molecule has 2 heterocycles. The third-order valence-electron chi connectivity index (χ3n) is 5.55. The molecule has 0 aliphatic carbocycles. The van der Waals surface area contributed by atoms with Crippen molar-refractivity contribution in [2.24, 2.45) is 0 Å². The minimum absolute atomic E-state index is 0.0182. The first-order chi connectivity index (χ1) is 14.9. The summed E-state index contributed by atoms with van der Waals surface area (Å²) < 4.78 is 7.95. The highest BCUT2D eigenvalue weighted by Crippen LogP contribution is 2.26. The van der Waals surface area contributed by atoms with Crippen LogP contribution in [-0.2, 0) is 23.2 Å². The van der Waals surface area contributed by atoms with Crippen LogP contribution in [-0.4, -0.2) is 27.3 Å². The fraction of sp³-hybridized carbons (Fsp3) is 0.400. The Morgan fingerprint density at radius 2 is 1.94 bits per heavy atom. The molecule has 0 saturated heterocycles. The van der Waals surface area contributed by atoms with Gasteiger partial charge in [0.1, 0.15) is 11.6 Å². The molecule has 0 radical (unpaired) electrons. The molecule has 0 unspecified atom stereocenters. The van der Waals surface area contributed by atoms with Gasteiger partial charge in [-0.15, -0.1) is 10.2 Å². The van der Waals surface area contributed by atoms with E-state index in [9.17, 15) is 4.79 Å². The van der Waals surface area contributed by atoms with Gasteiger partial charge in [-0.1, -0.05) is 45.0 Å². The van der Waals surface area contributed by atoms with E-state index < -0.39 is 0 Å². The van der Waals surface area contributed by atoms with E-state index in [0.29, 0.717) is 19.4 Å². The number of carbonyl (C=O) groups excluding carboxylic acids is 1. The SMILES string of the molecule is CC(C)(C)c1ccc(OCCCC(=O)Nc2cccc(-c3nnc4n3CCC4)c2)cc1. The number of nitrogens with one attached hydrogen (secondary N) is 1. The number of hydrogen-bond acceptors (Lipinski definition) is 4. The van der Waals surface area contributed by atoms with E-state index in [1.807, 2.05) is 36.4 Å². The average Bonchev–Trinajstić information content (AvgIpc) is 3.35. The van der Waals surface area contributed by atoms with Gasteiger partial charge in [-0.2, -0.15) is 0 Å². The summed E-state index contributed by atoms with van der Waals surface area (Å²) in [6.45, 7) is 8.03. The van der Waals surface area contributed by atoms with Gasteiger partial charge in [-0.05, 0) is 48.1 Å². The smallest absolute Gasteiger partial charge is 0.224 e. The summed E-state index contributed by atoms with van der Waals surface area (Å²) in [6.07, 6.45) is 3.15. The largest absolute Gasteiger partial charge is 0.494 e. The van der Waals surface area contributed by atoms with Gasteiger partial charge < -0.3 is 14.6 Å². The fourth-order valence-corrected chi connectivity index (χ4v) is 3.80. The van der Waals surface area contributed by atoms with Crippen LogP contribution in [0.3, 0.4) is 0 Å². The van der Waals surface area contributed by atoms with Crippen LogP contribution in [0, 0.1) is 0 Å². The van der Waals surface area contributed by atoms with Crippen LogP contribution in [0.25, 0.3) is 11.4 Å². The molecule has 4 rings (SSSR count). The zero-order valence-corrected chi connectivity index (χ0v) is 18.5. The van der Waals surface area contributed by atoms with E-state index in [-0.39, 0.29) is 11.3 Å². The van der Waals surface area contributed by atoms with Gasteiger partial charge >= 0.3 is 0 Å². The molecule has 3 aromatic rings. The molecule has 1 N–H and O–H groups in total. The van der Waals surface area contributed by atoms with Crippen LogP contribution in [0.5, 0.6) is 5.75 Å². The number of amides is 1. The lowest BCUT2D eigenvalue weighted by molar-refractivity contribution is -0.116. The highest BCUT2D eigenvalue weighted by Gasteiger charge is 2.18. The van der Waals surface area contributed by atoms with Gasteiger partial charge in [-0.3, -0.25) is 4.79 Å². The highest BCUT2D eigenvalue weighted by atomic mass is 16.5. The number of hydrogen-bond donors (Lipinski definition) is 1. The molecular formula is C25H30N4O2. The van der Waals surface area contributed by atoms with Crippen molar-refractivity contribution in [2.75, 3.05) is 11.9 Å². The number of anilines is 1. The second kappa shape index (κ2) is 8.92. The maximum Gasteiger partial charge on any atom is 0.224 e. The van der Waals surface area contributed by atoms with Crippen LogP contribution in [0.4, 0.5) is 5.69 Å². The van der Waals surface area contributed by atoms with Gasteiger partial charge in [0.05, 0.1) is 6.61 Å². The quantitative estimate of drug-likeness (QED) is 0.549. The standard InChI is InChI=1S/C25H30N4O2/c1-25(2,3)19-11-13-21(14-12-19)31-16-6-10-23(30)26-20-8-4-7-18(17-20)24-28-27-22-9-5-15-29(22)24/h4,7-8,11-14,17H,5-6,9-10,15-16H2,1-3H3,(H,26,30). The van der Waals surface area contributed by atoms with E-state index in [0.717, 1.165) is 48.0 Å². The van der Waals surface area contributed by atoms with Crippen LogP contribution in [0.2, 0.25) is 0 Å². The number of carbonyl (C=O) groups is 1. The fourth-order valence-electron chi connectivity index (χ4n) is 3.80. The van der Waals surface area contributed by atoms with Crippen LogP contribution >= 0.6 is 0 Å². The molecule has 2 aromatic carbocycles. The molecule has 162 valence electrons. The summed E-state index contributed by atoms with van der Waals surface area (Å²) in [5, 5.41) is 11.6. The van der Waals surface area contributed by atoms with E-state index in [1.165, 1.54) is 5.56 Å². The minimum atomic E-state index is -0.0182. The Balaban J connectivity index is 1.26. The Labute approximate surface area is 183 Å². The van der Waals surface area contributed by atoms with Gasteiger partial charge in [0.2, 0.25) is 5.91 Å². The summed E-state index contributed by atoms with van der Waals surface area (Å²) in [7, 11) is 0.